The number of aromatic nitrogens is 3. The number of hydrogen-bond acceptors (Lipinski definition) is 5. The number of aryl methyl sites for hydroxylation is 1. The summed E-state index contributed by atoms with van der Waals surface area (Å²) in [7, 11) is 4.57. The van der Waals surface area contributed by atoms with Crippen LogP contribution in [0.15, 0.2) is 48.5 Å². The van der Waals surface area contributed by atoms with Gasteiger partial charge in [0.25, 0.3) is 0 Å². The molecule has 26 heavy (non-hydrogen) atoms. The van der Waals surface area contributed by atoms with Crippen LogP contribution >= 0.6 is 9.69 Å². The van der Waals surface area contributed by atoms with Gasteiger partial charge in [0.15, 0.2) is 0 Å². The fourth-order valence-corrected chi connectivity index (χ4v) is 2.01. The van der Waals surface area contributed by atoms with E-state index in [2.05, 4.69) is 75.7 Å². The van der Waals surface area contributed by atoms with Crippen LogP contribution in [0.1, 0.15) is 30.9 Å². The molecule has 2 aromatic carbocycles. The Kier molecular flexibility index (Phi) is 9.78. The Morgan fingerprint density at radius 1 is 0.923 bits per heavy atom. The molecule has 7 heteroatoms. The van der Waals surface area contributed by atoms with E-state index in [1.807, 2.05) is 35.5 Å². The summed E-state index contributed by atoms with van der Waals surface area (Å²) in [5, 5.41) is 0. The predicted molar refractivity (Wildman–Crippen MR) is 104 cm³/mol. The zero-order chi connectivity index (χ0) is 19.5. The van der Waals surface area contributed by atoms with Gasteiger partial charge < -0.3 is 11.5 Å². The van der Waals surface area contributed by atoms with Gasteiger partial charge in [0, 0.05) is 0 Å². The van der Waals surface area contributed by atoms with Gasteiger partial charge in [-0.2, -0.15) is 4.98 Å². The number of nitrogens with zero attached hydrogens (tertiary/aromatic N) is 3. The molecule has 3 rings (SSSR count). The van der Waals surface area contributed by atoms with Gasteiger partial charge in [-0.15, -0.1) is 35.9 Å². The third kappa shape index (κ3) is 7.46. The molecule has 0 aliphatic heterocycles. The molecule has 0 aliphatic carbocycles. The van der Waals surface area contributed by atoms with Crippen LogP contribution in [0.5, 0.6) is 0 Å². The molecule has 5 nitrogen and oxygen atoms in total. The van der Waals surface area contributed by atoms with Crippen LogP contribution in [0, 0.1) is 13.0 Å². The molecule has 1 aromatic heterocycles. The van der Waals surface area contributed by atoms with Crippen LogP contribution in [0.25, 0.3) is 11.4 Å². The van der Waals surface area contributed by atoms with Crippen molar-refractivity contribution >= 4 is 21.6 Å². The van der Waals surface area contributed by atoms with Gasteiger partial charge in [-0.05, 0) is 18.4 Å². The molecule has 138 valence electrons. The Morgan fingerprint density at radius 2 is 1.50 bits per heavy atom. The number of halogens is 1. The quantitative estimate of drug-likeness (QED) is 0.443. The second kappa shape index (κ2) is 11.6. The van der Waals surface area contributed by atoms with Crippen molar-refractivity contribution in [1.29, 1.82) is 0 Å². The van der Waals surface area contributed by atoms with Crippen molar-refractivity contribution in [3.05, 3.63) is 65.7 Å². The number of nitrogen functional groups attached to an aromatic ring is 2. The van der Waals surface area contributed by atoms with Crippen molar-refractivity contribution in [2.75, 3.05) is 11.5 Å². The van der Waals surface area contributed by atoms with E-state index >= 15 is 0 Å². The summed E-state index contributed by atoms with van der Waals surface area (Å²) < 4.78 is 0. The van der Waals surface area contributed by atoms with Crippen LogP contribution in [0.4, 0.5) is 11.9 Å². The number of benzene rings is 2. The topological polar surface area (TPSA) is 90.7 Å². The van der Waals surface area contributed by atoms with E-state index in [4.69, 9.17) is 11.5 Å². The van der Waals surface area contributed by atoms with E-state index in [1.165, 1.54) is 11.1 Å². The maximum atomic E-state index is 5.44. The van der Waals surface area contributed by atoms with Gasteiger partial charge >= 0.3 is 27.0 Å². The number of anilines is 2. The van der Waals surface area contributed by atoms with E-state index in [1.54, 1.807) is 6.07 Å². The standard InChI is InChI=1S/C10H14.C9H8N5.ClH.Ru/c1-8(2)10-6-4-9(3)5-7-10;10-8-12-7(13-9(11)14-8)6-4-2-1-3-5-6;;/h4-8H,1-3H3;1-4H,(H4,10,11,12,13,14);1H;/q;-1;;+2/p-1. The third-order valence-electron chi connectivity index (χ3n) is 3.36. The maximum absolute atomic E-state index is 5.44. The minimum atomic E-state index is 0.116. The summed E-state index contributed by atoms with van der Waals surface area (Å²) in [6, 6.07) is 19.0. The summed E-state index contributed by atoms with van der Waals surface area (Å²) >= 11 is 1.82. The second-order valence-corrected chi connectivity index (χ2v) is 5.72. The molecule has 0 saturated carbocycles. The summed E-state index contributed by atoms with van der Waals surface area (Å²) in [6.07, 6.45) is 0. The predicted octanol–water partition coefficient (Wildman–Crippen LogP) is 4.31. The molecule has 0 bridgehead atoms. The second-order valence-electron chi connectivity index (χ2n) is 5.72. The van der Waals surface area contributed by atoms with Crippen molar-refractivity contribution in [3.63, 3.8) is 0 Å². The van der Waals surface area contributed by atoms with E-state index < -0.39 is 0 Å². The van der Waals surface area contributed by atoms with Crippen molar-refractivity contribution in [2.45, 2.75) is 26.7 Å². The van der Waals surface area contributed by atoms with Gasteiger partial charge in [0.05, 0.1) is 5.82 Å². The summed E-state index contributed by atoms with van der Waals surface area (Å²) in [4.78, 5) is 11.6. The van der Waals surface area contributed by atoms with Crippen LogP contribution in [-0.2, 0) is 17.3 Å². The van der Waals surface area contributed by atoms with Crippen molar-refractivity contribution < 1.29 is 17.3 Å². The first-order valence-corrected chi connectivity index (χ1v) is 10.1. The normalized spacial score (nSPS) is 9.62. The first kappa shape index (κ1) is 22.0. The third-order valence-corrected chi connectivity index (χ3v) is 3.36. The monoisotopic (exact) mass is 457 g/mol. The van der Waals surface area contributed by atoms with Crippen molar-refractivity contribution in [2.24, 2.45) is 0 Å². The molecule has 0 radical (unpaired) electrons. The van der Waals surface area contributed by atoms with Gasteiger partial charge in [0.1, 0.15) is 0 Å². The Balaban J connectivity index is 0.000000249. The van der Waals surface area contributed by atoms with E-state index in [0.717, 1.165) is 5.56 Å². The summed E-state index contributed by atoms with van der Waals surface area (Å²) in [5.74, 6) is 1.32. The van der Waals surface area contributed by atoms with E-state index in [0.29, 0.717) is 11.7 Å². The SMILES string of the molecule is Cc1ccc(C(C)C)cc1.Nc1nc(N)nc(-c2[c-]cccc2)n1.[Cl][Ru+]. The summed E-state index contributed by atoms with van der Waals surface area (Å²) in [5.41, 5.74) is 14.4. The first-order valence-electron chi connectivity index (χ1n) is 7.89. The minimum absolute atomic E-state index is 0.116. The van der Waals surface area contributed by atoms with E-state index in [9.17, 15) is 0 Å². The van der Waals surface area contributed by atoms with Gasteiger partial charge in [0.2, 0.25) is 11.9 Å². The van der Waals surface area contributed by atoms with Gasteiger partial charge in [-0.25, -0.2) is 9.97 Å². The first-order chi connectivity index (χ1) is 12.5. The number of nitrogens with two attached hydrogens (primary N) is 2. The molecule has 3 aromatic rings. The number of hydrogen-bond donors (Lipinski definition) is 2. The fourth-order valence-electron chi connectivity index (χ4n) is 2.01. The molecule has 0 spiro atoms. The number of rotatable bonds is 2. The Labute approximate surface area is 169 Å². The molecular weight excluding hydrogens is 435 g/mol. The molecule has 0 saturated heterocycles. The molecular formula is C19H22ClN5Ru. The average Bonchev–Trinajstić information content (AvgIpc) is 2.64. The van der Waals surface area contributed by atoms with Crippen molar-refractivity contribution in [3.8, 4) is 11.4 Å². The Hall–Kier alpha value is -2.04. The van der Waals surface area contributed by atoms with Crippen LogP contribution < -0.4 is 11.5 Å². The average molecular weight is 457 g/mol. The molecule has 0 amide bonds. The zero-order valence-corrected chi connectivity index (χ0v) is 17.4. The molecule has 0 aliphatic rings. The molecule has 0 atom stereocenters. The van der Waals surface area contributed by atoms with Crippen LogP contribution in [0.2, 0.25) is 0 Å². The fraction of sp³-hybridized carbons (Fsp3) is 0.211. The van der Waals surface area contributed by atoms with Crippen LogP contribution in [0.3, 0.4) is 0 Å². The Bertz CT molecular complexity index is 759. The Morgan fingerprint density at radius 3 is 1.96 bits per heavy atom. The zero-order valence-electron chi connectivity index (χ0n) is 14.9. The van der Waals surface area contributed by atoms with Gasteiger partial charge in [-0.1, -0.05) is 43.7 Å². The summed E-state index contributed by atoms with van der Waals surface area (Å²) in [6.45, 7) is 6.54. The molecule has 4 N–H and O–H groups in total. The van der Waals surface area contributed by atoms with Crippen molar-refractivity contribution in [1.82, 2.24) is 15.0 Å². The molecule has 1 heterocycles. The molecule has 0 fully saturated rings. The van der Waals surface area contributed by atoms with E-state index in [-0.39, 0.29) is 11.9 Å². The van der Waals surface area contributed by atoms with Crippen LogP contribution in [-0.4, -0.2) is 15.0 Å². The van der Waals surface area contributed by atoms with Gasteiger partial charge in [-0.3, -0.25) is 0 Å². The molecule has 0 unspecified atom stereocenters.